The van der Waals surface area contributed by atoms with E-state index in [1.807, 2.05) is 0 Å². The number of hydrogen-bond donors (Lipinski definition) is 0. The van der Waals surface area contributed by atoms with E-state index in [1.165, 1.54) is 102 Å². The number of benzene rings is 9. The summed E-state index contributed by atoms with van der Waals surface area (Å²) >= 11 is 0.193. The molecule has 4 heteroatoms. The minimum atomic E-state index is 0.193. The topological polar surface area (TPSA) is 14.8 Å². The average Bonchev–Trinajstić information content (AvgIpc) is 4.03. The van der Waals surface area contributed by atoms with Gasteiger partial charge in [-0.05, 0) is 12.1 Å². The molecule has 0 aliphatic rings. The van der Waals surface area contributed by atoms with Gasteiger partial charge in [-0.25, -0.2) is 0 Å². The summed E-state index contributed by atoms with van der Waals surface area (Å²) in [6, 6.07) is 74.1. The Hall–Kier alpha value is -7.10. The molecule has 0 radical (unpaired) electrons. The van der Waals surface area contributed by atoms with Crippen molar-refractivity contribution in [3.05, 3.63) is 200 Å². The van der Waals surface area contributed by atoms with Crippen molar-refractivity contribution in [1.29, 1.82) is 0 Å². The van der Waals surface area contributed by atoms with Crippen LogP contribution in [0.2, 0.25) is 0 Å². The molecule has 0 saturated heterocycles. The maximum absolute atomic E-state index is 2.54. The Kier molecular flexibility index (Phi) is 6.74. The van der Waals surface area contributed by atoms with Gasteiger partial charge in [0.2, 0.25) is 0 Å². The monoisotopic (exact) mass is 803 g/mol. The van der Waals surface area contributed by atoms with E-state index in [-0.39, 0.29) is 14.5 Å². The van der Waals surface area contributed by atoms with Gasteiger partial charge in [0.15, 0.2) is 0 Å². The van der Waals surface area contributed by atoms with E-state index in [2.05, 4.69) is 214 Å². The summed E-state index contributed by atoms with van der Waals surface area (Å²) in [6.07, 6.45) is 0. The van der Waals surface area contributed by atoms with Crippen molar-refractivity contribution in [2.45, 2.75) is 0 Å². The van der Waals surface area contributed by atoms with Crippen molar-refractivity contribution in [3.8, 4) is 28.2 Å². The van der Waals surface area contributed by atoms with Gasteiger partial charge in [0.25, 0.3) is 0 Å². The summed E-state index contributed by atoms with van der Waals surface area (Å²) in [5.74, 6) is 0. The van der Waals surface area contributed by atoms with Gasteiger partial charge in [0, 0.05) is 10.8 Å². The molecule has 4 heterocycles. The van der Waals surface area contributed by atoms with Crippen molar-refractivity contribution >= 4 is 99.2 Å². The summed E-state index contributed by atoms with van der Waals surface area (Å²) in [7, 11) is 0. The second kappa shape index (κ2) is 12.2. The van der Waals surface area contributed by atoms with Gasteiger partial charge in [0.05, 0.1) is 11.0 Å². The van der Waals surface area contributed by atoms with Gasteiger partial charge < -0.3 is 4.57 Å². The van der Waals surface area contributed by atoms with Gasteiger partial charge in [-0.15, -0.1) is 0 Å². The van der Waals surface area contributed by atoms with Crippen molar-refractivity contribution in [3.63, 3.8) is 0 Å². The fourth-order valence-electron chi connectivity index (χ4n) is 9.78. The molecule has 0 aliphatic carbocycles. The Labute approximate surface area is 339 Å². The fourth-order valence-corrected chi connectivity index (χ4v) is 12.4. The number of aromatic nitrogens is 3. The maximum atomic E-state index is 2.54. The zero-order valence-corrected chi connectivity index (χ0v) is 33.0. The van der Waals surface area contributed by atoms with E-state index in [4.69, 9.17) is 0 Å². The summed E-state index contributed by atoms with van der Waals surface area (Å²) < 4.78 is 10.3. The third-order valence-corrected chi connectivity index (χ3v) is 14.8. The normalized spacial score (nSPS) is 12.1. The van der Waals surface area contributed by atoms with Crippen LogP contribution in [0.25, 0.3) is 113 Å². The molecule has 9 aromatic carbocycles. The van der Waals surface area contributed by atoms with Crippen LogP contribution in [0, 0.1) is 0 Å². The Bertz CT molecular complexity index is 3750. The molecule has 13 aromatic rings. The van der Waals surface area contributed by atoms with Crippen molar-refractivity contribution in [2.24, 2.45) is 0 Å². The fraction of sp³-hybridized carbons (Fsp3) is 0. The first-order valence-electron chi connectivity index (χ1n) is 19.9. The molecule has 3 nitrogen and oxygen atoms in total. The molecule has 270 valence electrons. The first kappa shape index (κ1) is 32.0. The summed E-state index contributed by atoms with van der Waals surface area (Å²) in [5.41, 5.74) is 13.4. The standard InChI is InChI=1S/C54H33N3Se/c1-2-14-34(15-3-1)37-29-31-50(53-43-20-8-13-25-52(43)58-54(37)53)57-48-24-12-6-18-40(48)42-28-26-36(33-51(42)57)56-47-23-11-7-19-41(47)44-32-35(27-30-49(44)56)55-45-21-9-4-16-38(45)39-17-5-10-22-46(39)55/h1-33H. The van der Waals surface area contributed by atoms with Crippen LogP contribution < -0.4 is 0 Å². The molecule has 58 heavy (non-hydrogen) atoms. The van der Waals surface area contributed by atoms with Gasteiger partial charge in [-0.2, -0.15) is 0 Å². The molecule has 0 spiro atoms. The van der Waals surface area contributed by atoms with Crippen molar-refractivity contribution in [1.82, 2.24) is 13.7 Å². The van der Waals surface area contributed by atoms with Crippen LogP contribution >= 0.6 is 0 Å². The van der Waals surface area contributed by atoms with Crippen LogP contribution in [-0.2, 0) is 0 Å². The quantitative estimate of drug-likeness (QED) is 0.158. The zero-order chi connectivity index (χ0) is 37.9. The SMILES string of the molecule is c1ccc(-c2ccc(-n3c4ccccc4c4ccc(-n5c6ccccc6c6cc(-n7c8ccccc8c8ccccc87)ccc65)cc43)c3c2[se]c2ccccc23)cc1. The second-order valence-electron chi connectivity index (χ2n) is 15.3. The molecular formula is C54H33N3Se. The molecule has 0 atom stereocenters. The van der Waals surface area contributed by atoms with Crippen LogP contribution in [0.15, 0.2) is 200 Å². The molecule has 0 bridgehead atoms. The number of rotatable bonds is 4. The molecule has 0 fully saturated rings. The third-order valence-electron chi connectivity index (χ3n) is 12.2. The molecule has 4 aromatic heterocycles. The van der Waals surface area contributed by atoms with Crippen molar-refractivity contribution < 1.29 is 0 Å². The molecule has 0 aliphatic heterocycles. The van der Waals surface area contributed by atoms with E-state index in [0.717, 1.165) is 11.4 Å². The van der Waals surface area contributed by atoms with Gasteiger partial charge in [-0.1, -0.05) is 36.4 Å². The molecule has 0 N–H and O–H groups in total. The van der Waals surface area contributed by atoms with E-state index in [0.29, 0.717) is 0 Å². The minimum absolute atomic E-state index is 0.193. The Morgan fingerprint density at radius 1 is 0.310 bits per heavy atom. The summed E-state index contributed by atoms with van der Waals surface area (Å²) in [5, 5.41) is 10.3. The zero-order valence-electron chi connectivity index (χ0n) is 31.3. The first-order valence-corrected chi connectivity index (χ1v) is 21.6. The molecule has 0 amide bonds. The van der Waals surface area contributed by atoms with E-state index < -0.39 is 0 Å². The first-order chi connectivity index (χ1) is 28.8. The molecule has 13 rings (SSSR count). The van der Waals surface area contributed by atoms with E-state index in [9.17, 15) is 0 Å². The van der Waals surface area contributed by atoms with Crippen LogP contribution in [0.1, 0.15) is 0 Å². The molecule has 0 unspecified atom stereocenters. The molecule has 0 saturated carbocycles. The Balaban J connectivity index is 1.08. The predicted octanol–water partition coefficient (Wildman–Crippen LogP) is 14.0. The van der Waals surface area contributed by atoms with Crippen LogP contribution in [0.5, 0.6) is 0 Å². The number of hydrogen-bond acceptors (Lipinski definition) is 0. The Morgan fingerprint density at radius 2 is 0.793 bits per heavy atom. The summed E-state index contributed by atoms with van der Waals surface area (Å²) in [6.45, 7) is 0. The van der Waals surface area contributed by atoms with Crippen molar-refractivity contribution in [2.75, 3.05) is 0 Å². The number of para-hydroxylation sites is 4. The summed E-state index contributed by atoms with van der Waals surface area (Å²) in [4.78, 5) is 0. The van der Waals surface area contributed by atoms with Gasteiger partial charge in [0.1, 0.15) is 0 Å². The average molecular weight is 803 g/mol. The van der Waals surface area contributed by atoms with Gasteiger partial charge >= 0.3 is 266 Å². The third kappa shape index (κ3) is 4.44. The molecular weight excluding hydrogens is 770 g/mol. The number of nitrogens with zero attached hydrogens (tertiary/aromatic N) is 3. The van der Waals surface area contributed by atoms with E-state index >= 15 is 0 Å². The van der Waals surface area contributed by atoms with E-state index in [1.54, 1.807) is 0 Å². The van der Waals surface area contributed by atoms with Crippen LogP contribution in [-0.4, -0.2) is 28.2 Å². The number of fused-ring (bicyclic) bond motifs is 12. The van der Waals surface area contributed by atoms with Crippen LogP contribution in [0.3, 0.4) is 0 Å². The predicted molar refractivity (Wildman–Crippen MR) is 247 cm³/mol. The van der Waals surface area contributed by atoms with Gasteiger partial charge in [-0.3, -0.25) is 0 Å². The second-order valence-corrected chi connectivity index (χ2v) is 17.5. The van der Waals surface area contributed by atoms with Crippen LogP contribution in [0.4, 0.5) is 0 Å². The Morgan fingerprint density at radius 3 is 1.45 bits per heavy atom.